The van der Waals surface area contributed by atoms with E-state index in [-0.39, 0.29) is 24.6 Å². The second kappa shape index (κ2) is 7.56. The minimum Gasteiger partial charge on any atom is -0.391 e. The lowest BCUT2D eigenvalue weighted by molar-refractivity contribution is 0.0288. The molecule has 0 aliphatic heterocycles. The molecule has 1 saturated carbocycles. The van der Waals surface area contributed by atoms with Crippen molar-refractivity contribution < 1.29 is 14.6 Å². The first-order valence-electron chi connectivity index (χ1n) is 7.38. The molecule has 114 valence electrons. The maximum Gasteiger partial charge on any atom is 0.138 e. The molecule has 0 aromatic heterocycles. The summed E-state index contributed by atoms with van der Waals surface area (Å²) in [5.74, 6) is 4.72. The summed E-state index contributed by atoms with van der Waals surface area (Å²) < 4.78 is 13.6. The third kappa shape index (κ3) is 4.28. The number of rotatable bonds is 3. The van der Waals surface area contributed by atoms with Crippen LogP contribution in [0.15, 0.2) is 18.2 Å². The molecular weight excluding hydrogens is 269 g/mol. The van der Waals surface area contributed by atoms with Gasteiger partial charge in [0.15, 0.2) is 0 Å². The first-order chi connectivity index (χ1) is 10.1. The van der Waals surface area contributed by atoms with Crippen LogP contribution in [-0.4, -0.2) is 40.9 Å². The van der Waals surface area contributed by atoms with E-state index in [1.807, 2.05) is 7.05 Å². The quantitative estimate of drug-likeness (QED) is 0.836. The van der Waals surface area contributed by atoms with Crippen LogP contribution in [-0.2, 0) is 6.54 Å². The largest absolute Gasteiger partial charge is 0.391 e. The summed E-state index contributed by atoms with van der Waals surface area (Å²) in [4.78, 5) is 2.13. The Kier molecular flexibility index (Phi) is 5.75. The van der Waals surface area contributed by atoms with Crippen LogP contribution in [0.4, 0.5) is 4.39 Å². The molecule has 1 aliphatic rings. The Labute approximate surface area is 125 Å². The Morgan fingerprint density at radius 3 is 2.81 bits per heavy atom. The Balaban J connectivity index is 2.08. The molecule has 1 aromatic carbocycles. The summed E-state index contributed by atoms with van der Waals surface area (Å²) in [6.07, 6.45) is 3.80. The van der Waals surface area contributed by atoms with Crippen LogP contribution in [0.3, 0.4) is 0 Å². The van der Waals surface area contributed by atoms with Crippen LogP contribution >= 0.6 is 0 Å². The van der Waals surface area contributed by atoms with Crippen LogP contribution < -0.4 is 0 Å². The Morgan fingerprint density at radius 2 is 2.10 bits per heavy atom. The molecule has 0 amide bonds. The summed E-state index contributed by atoms with van der Waals surface area (Å²) in [6.45, 7) is 0.369. The zero-order valence-electron chi connectivity index (χ0n) is 12.3. The SMILES string of the molecule is CN(Cc1ccc(F)c(C#CCO)c1)C1CCCCC1O. The molecule has 1 fully saturated rings. The van der Waals surface area contributed by atoms with E-state index in [0.29, 0.717) is 12.1 Å². The van der Waals surface area contributed by atoms with Gasteiger partial charge in [-0.15, -0.1) is 0 Å². The topological polar surface area (TPSA) is 43.7 Å². The highest BCUT2D eigenvalue weighted by atomic mass is 19.1. The van der Waals surface area contributed by atoms with E-state index in [1.54, 1.807) is 12.1 Å². The normalized spacial score (nSPS) is 22.0. The highest BCUT2D eigenvalue weighted by molar-refractivity contribution is 5.38. The highest BCUT2D eigenvalue weighted by Crippen LogP contribution is 2.23. The molecule has 4 heteroatoms. The van der Waals surface area contributed by atoms with E-state index < -0.39 is 0 Å². The fraction of sp³-hybridized carbons (Fsp3) is 0.529. The molecule has 3 nitrogen and oxygen atoms in total. The standard InChI is InChI=1S/C17H22FNO2/c1-19(16-6-2-3-7-17(16)21)12-13-8-9-15(18)14(11-13)5-4-10-20/h8-9,11,16-17,20-21H,2-3,6-7,10,12H2,1H3. The molecule has 0 heterocycles. The van der Waals surface area contributed by atoms with Crippen molar-refractivity contribution in [2.45, 2.75) is 44.4 Å². The van der Waals surface area contributed by atoms with Crippen LogP contribution in [0.1, 0.15) is 36.8 Å². The van der Waals surface area contributed by atoms with Crippen molar-refractivity contribution >= 4 is 0 Å². The maximum atomic E-state index is 13.6. The van der Waals surface area contributed by atoms with Gasteiger partial charge in [0.25, 0.3) is 0 Å². The number of nitrogens with zero attached hydrogens (tertiary/aromatic N) is 1. The van der Waals surface area contributed by atoms with Gasteiger partial charge in [-0.05, 0) is 37.6 Å². The van der Waals surface area contributed by atoms with E-state index in [0.717, 1.165) is 31.2 Å². The summed E-state index contributed by atoms with van der Waals surface area (Å²) in [6, 6.07) is 5.02. The second-order valence-corrected chi connectivity index (χ2v) is 5.61. The van der Waals surface area contributed by atoms with Crippen molar-refractivity contribution in [2.75, 3.05) is 13.7 Å². The number of likely N-dealkylation sites (N-methyl/N-ethyl adjacent to an activating group) is 1. The summed E-state index contributed by atoms with van der Waals surface area (Å²) >= 11 is 0. The van der Waals surface area contributed by atoms with Crippen molar-refractivity contribution in [1.82, 2.24) is 4.90 Å². The van der Waals surface area contributed by atoms with Gasteiger partial charge in [0, 0.05) is 12.6 Å². The molecule has 21 heavy (non-hydrogen) atoms. The van der Waals surface area contributed by atoms with Crippen LogP contribution in [0.25, 0.3) is 0 Å². The summed E-state index contributed by atoms with van der Waals surface area (Å²) in [7, 11) is 1.99. The first kappa shape index (κ1) is 16.0. The lowest BCUT2D eigenvalue weighted by Crippen LogP contribution is -2.42. The molecule has 2 atom stereocenters. The summed E-state index contributed by atoms with van der Waals surface area (Å²) in [5, 5.41) is 18.8. The van der Waals surface area contributed by atoms with E-state index in [2.05, 4.69) is 16.7 Å². The lowest BCUT2D eigenvalue weighted by Gasteiger charge is -2.35. The molecule has 0 saturated heterocycles. The van der Waals surface area contributed by atoms with Crippen molar-refractivity contribution in [2.24, 2.45) is 0 Å². The lowest BCUT2D eigenvalue weighted by atomic mass is 9.91. The van der Waals surface area contributed by atoms with Gasteiger partial charge in [-0.25, -0.2) is 4.39 Å². The first-order valence-corrected chi connectivity index (χ1v) is 7.38. The van der Waals surface area contributed by atoms with E-state index in [1.165, 1.54) is 6.07 Å². The van der Waals surface area contributed by atoms with E-state index in [9.17, 15) is 9.50 Å². The van der Waals surface area contributed by atoms with E-state index in [4.69, 9.17) is 5.11 Å². The number of hydrogen-bond donors (Lipinski definition) is 2. The zero-order valence-corrected chi connectivity index (χ0v) is 12.3. The molecule has 1 aliphatic carbocycles. The van der Waals surface area contributed by atoms with Crippen LogP contribution in [0, 0.1) is 17.7 Å². The number of benzene rings is 1. The molecule has 2 rings (SSSR count). The van der Waals surface area contributed by atoms with E-state index >= 15 is 0 Å². The third-order valence-electron chi connectivity index (χ3n) is 4.02. The molecule has 2 unspecified atom stereocenters. The molecule has 1 aromatic rings. The smallest absolute Gasteiger partial charge is 0.138 e. The zero-order chi connectivity index (χ0) is 15.2. The molecule has 0 bridgehead atoms. The van der Waals surface area contributed by atoms with Crippen molar-refractivity contribution in [1.29, 1.82) is 0 Å². The predicted octanol–water partition coefficient (Wildman–Crippen LogP) is 1.90. The van der Waals surface area contributed by atoms with Crippen molar-refractivity contribution in [3.63, 3.8) is 0 Å². The van der Waals surface area contributed by atoms with Gasteiger partial charge in [-0.2, -0.15) is 0 Å². The maximum absolute atomic E-state index is 13.6. The predicted molar refractivity (Wildman–Crippen MR) is 80.1 cm³/mol. The van der Waals surface area contributed by atoms with Crippen LogP contribution in [0.5, 0.6) is 0 Å². The van der Waals surface area contributed by atoms with Gasteiger partial charge in [0.2, 0.25) is 0 Å². The van der Waals surface area contributed by atoms with Gasteiger partial charge in [0.1, 0.15) is 12.4 Å². The van der Waals surface area contributed by atoms with Crippen LogP contribution in [0.2, 0.25) is 0 Å². The average molecular weight is 291 g/mol. The number of aliphatic hydroxyl groups excluding tert-OH is 2. The minimum atomic E-state index is -0.375. The van der Waals surface area contributed by atoms with Gasteiger partial charge in [-0.3, -0.25) is 4.90 Å². The van der Waals surface area contributed by atoms with Gasteiger partial charge >= 0.3 is 0 Å². The summed E-state index contributed by atoms with van der Waals surface area (Å²) in [5.41, 5.74) is 1.26. The third-order valence-corrected chi connectivity index (χ3v) is 4.02. The molecule has 0 spiro atoms. The number of halogens is 1. The van der Waals surface area contributed by atoms with Crippen molar-refractivity contribution in [3.8, 4) is 11.8 Å². The Hall–Kier alpha value is -1.41. The fourth-order valence-corrected chi connectivity index (χ4v) is 2.91. The van der Waals surface area contributed by atoms with Gasteiger partial charge < -0.3 is 10.2 Å². The van der Waals surface area contributed by atoms with Gasteiger partial charge in [0.05, 0.1) is 11.7 Å². The van der Waals surface area contributed by atoms with Crippen molar-refractivity contribution in [3.05, 3.63) is 35.1 Å². The fourth-order valence-electron chi connectivity index (χ4n) is 2.91. The number of hydrogen-bond acceptors (Lipinski definition) is 3. The molecule has 0 radical (unpaired) electrons. The Morgan fingerprint density at radius 1 is 1.33 bits per heavy atom. The Bertz CT molecular complexity index is 535. The monoisotopic (exact) mass is 291 g/mol. The highest BCUT2D eigenvalue weighted by Gasteiger charge is 2.26. The second-order valence-electron chi connectivity index (χ2n) is 5.61. The average Bonchev–Trinajstić information content (AvgIpc) is 2.48. The molecule has 2 N–H and O–H groups in total. The molecular formula is C17H22FNO2. The number of aliphatic hydroxyl groups is 2. The minimum absolute atomic E-state index is 0.163. The van der Waals surface area contributed by atoms with Gasteiger partial charge in [-0.1, -0.05) is 30.7 Å².